The van der Waals surface area contributed by atoms with E-state index in [9.17, 15) is 14.4 Å². The first kappa shape index (κ1) is 16.5. The van der Waals surface area contributed by atoms with Crippen LogP contribution in [0.3, 0.4) is 0 Å². The van der Waals surface area contributed by atoms with E-state index in [1.165, 1.54) is 6.92 Å². The fraction of sp³-hybridized carbons (Fsp3) is 0.625. The highest BCUT2D eigenvalue weighted by Gasteiger charge is 2.42. The third-order valence-electron chi connectivity index (χ3n) is 4.82. The van der Waals surface area contributed by atoms with Crippen molar-refractivity contribution < 1.29 is 14.4 Å². The molecule has 1 aromatic heterocycles. The van der Waals surface area contributed by atoms with Gasteiger partial charge in [0.25, 0.3) is 5.91 Å². The summed E-state index contributed by atoms with van der Waals surface area (Å²) in [6, 6.07) is -0.0651. The normalized spacial score (nSPS) is 23.4. The zero-order valence-corrected chi connectivity index (χ0v) is 14.3. The number of hydrogen-bond donors (Lipinski definition) is 1. The van der Waals surface area contributed by atoms with E-state index in [0.717, 1.165) is 5.69 Å². The summed E-state index contributed by atoms with van der Waals surface area (Å²) in [5, 5.41) is 7.07. The van der Waals surface area contributed by atoms with Gasteiger partial charge in [-0.15, -0.1) is 0 Å². The van der Waals surface area contributed by atoms with E-state index < -0.39 is 0 Å². The molecule has 130 valence electrons. The molecule has 2 aliphatic rings. The fourth-order valence-corrected chi connectivity index (χ4v) is 3.66. The Morgan fingerprint density at radius 3 is 2.75 bits per heavy atom. The van der Waals surface area contributed by atoms with Crippen molar-refractivity contribution in [1.82, 2.24) is 24.9 Å². The monoisotopic (exact) mass is 333 g/mol. The van der Waals surface area contributed by atoms with Crippen LogP contribution in [0.5, 0.6) is 0 Å². The van der Waals surface area contributed by atoms with Crippen molar-refractivity contribution in [3.63, 3.8) is 0 Å². The maximum atomic E-state index is 12.8. The first-order valence-corrected chi connectivity index (χ1v) is 8.29. The lowest BCUT2D eigenvalue weighted by Gasteiger charge is -2.36. The van der Waals surface area contributed by atoms with Gasteiger partial charge in [0, 0.05) is 38.3 Å². The topological polar surface area (TPSA) is 87.5 Å². The second-order valence-electron chi connectivity index (χ2n) is 6.48. The Morgan fingerprint density at radius 2 is 2.12 bits per heavy atom. The summed E-state index contributed by atoms with van der Waals surface area (Å²) in [7, 11) is 0. The first-order chi connectivity index (χ1) is 11.4. The van der Waals surface area contributed by atoms with Crippen LogP contribution in [0.2, 0.25) is 0 Å². The lowest BCUT2D eigenvalue weighted by atomic mass is 10.1. The van der Waals surface area contributed by atoms with Gasteiger partial charge >= 0.3 is 0 Å². The van der Waals surface area contributed by atoms with E-state index in [4.69, 9.17) is 0 Å². The smallest absolute Gasteiger partial charge is 0.257 e. The second kappa shape index (κ2) is 6.26. The molecule has 3 amide bonds. The highest BCUT2D eigenvalue weighted by atomic mass is 16.2. The number of aryl methyl sites for hydroxylation is 1. The summed E-state index contributed by atoms with van der Waals surface area (Å²) in [5.41, 5.74) is 1.37. The Bertz CT molecular complexity index is 683. The SMILES string of the molecule is CCn1ncc(C(=O)N2CC(=O)N3C[C@@H](NC(C)=O)C[C@H]3C2)c1C. The molecule has 0 bridgehead atoms. The fourth-order valence-electron chi connectivity index (χ4n) is 3.66. The number of carbonyl (C=O) groups excluding carboxylic acids is 3. The van der Waals surface area contributed by atoms with Crippen molar-refractivity contribution in [2.75, 3.05) is 19.6 Å². The van der Waals surface area contributed by atoms with Crippen molar-refractivity contribution in [2.24, 2.45) is 0 Å². The predicted molar refractivity (Wildman–Crippen MR) is 86.3 cm³/mol. The molecule has 2 fully saturated rings. The molecular formula is C16H23N5O3. The molecule has 0 saturated carbocycles. The molecule has 0 aliphatic carbocycles. The average molecular weight is 333 g/mol. The number of nitrogens with zero attached hydrogens (tertiary/aromatic N) is 4. The van der Waals surface area contributed by atoms with Gasteiger partial charge in [0.2, 0.25) is 11.8 Å². The molecule has 3 rings (SSSR count). The molecular weight excluding hydrogens is 310 g/mol. The van der Waals surface area contributed by atoms with Gasteiger partial charge in [-0.3, -0.25) is 19.1 Å². The van der Waals surface area contributed by atoms with Crippen LogP contribution in [0, 0.1) is 6.92 Å². The number of aromatic nitrogens is 2. The molecule has 0 unspecified atom stereocenters. The third-order valence-corrected chi connectivity index (χ3v) is 4.82. The molecule has 1 N–H and O–H groups in total. The molecule has 2 aliphatic heterocycles. The molecule has 0 aromatic carbocycles. The van der Waals surface area contributed by atoms with E-state index in [0.29, 0.717) is 31.6 Å². The van der Waals surface area contributed by atoms with Crippen LogP contribution >= 0.6 is 0 Å². The average Bonchev–Trinajstić information content (AvgIpc) is 3.09. The minimum atomic E-state index is -0.150. The molecule has 8 nitrogen and oxygen atoms in total. The molecule has 0 radical (unpaired) electrons. The van der Waals surface area contributed by atoms with Gasteiger partial charge in [-0.1, -0.05) is 0 Å². The number of amides is 3. The minimum Gasteiger partial charge on any atom is -0.352 e. The van der Waals surface area contributed by atoms with E-state index in [1.807, 2.05) is 13.8 Å². The first-order valence-electron chi connectivity index (χ1n) is 8.29. The van der Waals surface area contributed by atoms with Gasteiger partial charge in [0.1, 0.15) is 6.54 Å². The maximum absolute atomic E-state index is 12.8. The number of nitrogens with one attached hydrogen (secondary N) is 1. The van der Waals surface area contributed by atoms with Crippen LogP contribution < -0.4 is 5.32 Å². The summed E-state index contributed by atoms with van der Waals surface area (Å²) in [4.78, 5) is 39.8. The van der Waals surface area contributed by atoms with Crippen LogP contribution in [-0.2, 0) is 16.1 Å². The third kappa shape index (κ3) is 2.88. The van der Waals surface area contributed by atoms with Crippen LogP contribution in [0.4, 0.5) is 0 Å². The van der Waals surface area contributed by atoms with Crippen molar-refractivity contribution in [1.29, 1.82) is 0 Å². The second-order valence-corrected chi connectivity index (χ2v) is 6.48. The number of carbonyl (C=O) groups is 3. The Morgan fingerprint density at radius 1 is 1.38 bits per heavy atom. The zero-order chi connectivity index (χ0) is 17.4. The molecule has 24 heavy (non-hydrogen) atoms. The molecule has 2 saturated heterocycles. The van der Waals surface area contributed by atoms with Gasteiger partial charge in [-0.05, 0) is 20.3 Å². The van der Waals surface area contributed by atoms with Gasteiger partial charge in [-0.25, -0.2) is 0 Å². The van der Waals surface area contributed by atoms with Crippen molar-refractivity contribution in [3.8, 4) is 0 Å². The highest BCUT2D eigenvalue weighted by Crippen LogP contribution is 2.24. The highest BCUT2D eigenvalue weighted by molar-refractivity contribution is 5.98. The summed E-state index contributed by atoms with van der Waals surface area (Å²) >= 11 is 0. The van der Waals surface area contributed by atoms with E-state index in [2.05, 4.69) is 10.4 Å². The number of rotatable bonds is 3. The molecule has 3 heterocycles. The summed E-state index contributed by atoms with van der Waals surface area (Å²) < 4.78 is 1.77. The molecule has 8 heteroatoms. The minimum absolute atomic E-state index is 0.0314. The number of fused-ring (bicyclic) bond motifs is 1. The van der Waals surface area contributed by atoms with E-state index in [1.54, 1.807) is 20.7 Å². The summed E-state index contributed by atoms with van der Waals surface area (Å²) in [6.45, 7) is 7.12. The van der Waals surface area contributed by atoms with Crippen molar-refractivity contribution in [3.05, 3.63) is 17.5 Å². The lowest BCUT2D eigenvalue weighted by molar-refractivity contribution is -0.136. The summed E-state index contributed by atoms with van der Waals surface area (Å²) in [5.74, 6) is -0.306. The van der Waals surface area contributed by atoms with Crippen molar-refractivity contribution in [2.45, 2.75) is 45.8 Å². The summed E-state index contributed by atoms with van der Waals surface area (Å²) in [6.07, 6.45) is 2.26. The Kier molecular flexibility index (Phi) is 4.29. The number of hydrogen-bond acceptors (Lipinski definition) is 4. The molecule has 2 atom stereocenters. The Balaban J connectivity index is 1.73. The van der Waals surface area contributed by atoms with E-state index in [-0.39, 0.29) is 36.3 Å². The van der Waals surface area contributed by atoms with Gasteiger partial charge in [0.05, 0.1) is 17.8 Å². The maximum Gasteiger partial charge on any atom is 0.257 e. The molecule has 0 spiro atoms. The largest absolute Gasteiger partial charge is 0.352 e. The predicted octanol–water partition coefficient (Wildman–Crippen LogP) is -0.227. The van der Waals surface area contributed by atoms with Crippen molar-refractivity contribution >= 4 is 17.7 Å². The van der Waals surface area contributed by atoms with Crippen LogP contribution in [-0.4, -0.2) is 69.0 Å². The standard InChI is InChI=1S/C16H23N5O3/c1-4-21-10(2)14(6-17-21)16(24)19-8-13-5-12(18-11(3)22)7-20(13)15(23)9-19/h6,12-13H,4-5,7-9H2,1-3H3,(H,18,22)/t12-,13-/m0/s1. The van der Waals surface area contributed by atoms with Gasteiger partial charge in [0.15, 0.2) is 0 Å². The lowest BCUT2D eigenvalue weighted by Crippen LogP contribution is -2.55. The molecule has 1 aromatic rings. The Labute approximate surface area is 140 Å². The number of piperazine rings is 1. The van der Waals surface area contributed by atoms with Gasteiger partial charge in [-0.2, -0.15) is 5.10 Å². The quantitative estimate of drug-likeness (QED) is 0.828. The van der Waals surface area contributed by atoms with Gasteiger partial charge < -0.3 is 15.1 Å². The van der Waals surface area contributed by atoms with E-state index >= 15 is 0 Å². The van der Waals surface area contributed by atoms with Crippen LogP contribution in [0.1, 0.15) is 36.3 Å². The van der Waals surface area contributed by atoms with Crippen LogP contribution in [0.15, 0.2) is 6.20 Å². The van der Waals surface area contributed by atoms with Crippen LogP contribution in [0.25, 0.3) is 0 Å². The zero-order valence-electron chi connectivity index (χ0n) is 14.3. The Hall–Kier alpha value is -2.38.